The summed E-state index contributed by atoms with van der Waals surface area (Å²) in [6.45, 7) is 4.87. The average molecular weight is 297 g/mol. The van der Waals surface area contributed by atoms with Crippen LogP contribution in [0.4, 0.5) is 0 Å². The Morgan fingerprint density at radius 2 is 1.95 bits per heavy atom. The summed E-state index contributed by atoms with van der Waals surface area (Å²) in [5, 5.41) is 3.31. The lowest BCUT2D eigenvalue weighted by Crippen LogP contribution is -2.21. The monoisotopic (exact) mass is 297 g/mol. The molecule has 1 aliphatic heterocycles. The predicted octanol–water partition coefficient (Wildman–Crippen LogP) is 1.56. The fraction of sp³-hybridized carbons (Fsp3) is 0.600. The second-order valence-corrected chi connectivity index (χ2v) is 4.87. The molecule has 0 amide bonds. The first-order chi connectivity index (χ1) is 10.2. The molecule has 1 aliphatic rings. The van der Waals surface area contributed by atoms with Crippen LogP contribution in [0.5, 0.6) is 17.2 Å². The normalized spacial score (nSPS) is 14.2. The number of hydrogen-bond acceptors (Lipinski definition) is 6. The SMILES string of the molecule is COCCNCc1cc2c(cc1OC(C)COC)OCO2. The van der Waals surface area contributed by atoms with E-state index < -0.39 is 0 Å². The number of hydrogen-bond donors (Lipinski definition) is 1. The molecule has 1 aromatic carbocycles. The minimum absolute atomic E-state index is 0.0342. The minimum Gasteiger partial charge on any atom is -0.488 e. The van der Waals surface area contributed by atoms with Gasteiger partial charge in [-0.25, -0.2) is 0 Å². The summed E-state index contributed by atoms with van der Waals surface area (Å²) in [4.78, 5) is 0. The zero-order valence-corrected chi connectivity index (χ0v) is 12.8. The molecule has 118 valence electrons. The van der Waals surface area contributed by atoms with Crippen LogP contribution in [0.15, 0.2) is 12.1 Å². The fourth-order valence-electron chi connectivity index (χ4n) is 2.10. The van der Waals surface area contributed by atoms with Crippen LogP contribution in [0.2, 0.25) is 0 Å². The summed E-state index contributed by atoms with van der Waals surface area (Å²) in [6, 6.07) is 3.83. The molecular formula is C15H23NO5. The van der Waals surface area contributed by atoms with Gasteiger partial charge in [-0.3, -0.25) is 0 Å². The fourth-order valence-corrected chi connectivity index (χ4v) is 2.10. The van der Waals surface area contributed by atoms with Crippen molar-refractivity contribution in [2.24, 2.45) is 0 Å². The molecule has 0 saturated heterocycles. The second-order valence-electron chi connectivity index (χ2n) is 4.87. The smallest absolute Gasteiger partial charge is 0.231 e. The van der Waals surface area contributed by atoms with E-state index in [9.17, 15) is 0 Å². The lowest BCUT2D eigenvalue weighted by atomic mass is 10.1. The van der Waals surface area contributed by atoms with E-state index in [2.05, 4.69) is 5.32 Å². The summed E-state index contributed by atoms with van der Waals surface area (Å²) in [7, 11) is 3.34. The Morgan fingerprint density at radius 1 is 1.19 bits per heavy atom. The van der Waals surface area contributed by atoms with Gasteiger partial charge in [0.05, 0.1) is 13.2 Å². The van der Waals surface area contributed by atoms with Crippen LogP contribution in [0, 0.1) is 0 Å². The van der Waals surface area contributed by atoms with Crippen LogP contribution in [0.1, 0.15) is 12.5 Å². The molecule has 6 heteroatoms. The Bertz CT molecular complexity index is 452. The number of rotatable bonds is 9. The van der Waals surface area contributed by atoms with Crippen LogP contribution in [0.3, 0.4) is 0 Å². The molecule has 0 bridgehead atoms. The van der Waals surface area contributed by atoms with Gasteiger partial charge >= 0.3 is 0 Å². The van der Waals surface area contributed by atoms with Gasteiger partial charge in [0.2, 0.25) is 6.79 Å². The third-order valence-corrected chi connectivity index (χ3v) is 3.08. The molecule has 0 aromatic heterocycles. The van der Waals surface area contributed by atoms with E-state index in [0.29, 0.717) is 19.8 Å². The van der Waals surface area contributed by atoms with Gasteiger partial charge in [0.25, 0.3) is 0 Å². The molecule has 0 aliphatic carbocycles. The summed E-state index contributed by atoms with van der Waals surface area (Å²) >= 11 is 0. The number of nitrogens with one attached hydrogen (secondary N) is 1. The largest absolute Gasteiger partial charge is 0.488 e. The van der Waals surface area contributed by atoms with Gasteiger partial charge in [-0.15, -0.1) is 0 Å². The Morgan fingerprint density at radius 3 is 2.67 bits per heavy atom. The highest BCUT2D eigenvalue weighted by Crippen LogP contribution is 2.38. The van der Waals surface area contributed by atoms with Gasteiger partial charge in [0, 0.05) is 38.9 Å². The van der Waals surface area contributed by atoms with Crippen LogP contribution < -0.4 is 19.5 Å². The van der Waals surface area contributed by atoms with Crippen molar-refractivity contribution in [1.29, 1.82) is 0 Å². The van der Waals surface area contributed by atoms with Gasteiger partial charge in [0.1, 0.15) is 11.9 Å². The molecular weight excluding hydrogens is 274 g/mol. The standard InChI is InChI=1S/C15H23NO5/c1-11(9-18-3)21-13-7-15-14(19-10-20-15)6-12(13)8-16-4-5-17-2/h6-7,11,16H,4-5,8-10H2,1-3H3. The highest BCUT2D eigenvalue weighted by molar-refractivity contribution is 5.51. The van der Waals surface area contributed by atoms with Crippen LogP contribution in [0.25, 0.3) is 0 Å². The zero-order chi connectivity index (χ0) is 15.1. The molecule has 6 nitrogen and oxygen atoms in total. The quantitative estimate of drug-likeness (QED) is 0.698. The topological polar surface area (TPSA) is 58.2 Å². The van der Waals surface area contributed by atoms with Crippen LogP contribution >= 0.6 is 0 Å². The van der Waals surface area contributed by atoms with E-state index in [1.54, 1.807) is 14.2 Å². The molecule has 0 saturated carbocycles. The third kappa shape index (κ3) is 4.49. The van der Waals surface area contributed by atoms with Crippen molar-refractivity contribution >= 4 is 0 Å². The van der Waals surface area contributed by atoms with Gasteiger partial charge in [-0.05, 0) is 13.0 Å². The maximum absolute atomic E-state index is 5.94. The Labute approximate surface area is 125 Å². The first kappa shape index (κ1) is 15.9. The maximum atomic E-state index is 5.94. The third-order valence-electron chi connectivity index (χ3n) is 3.08. The maximum Gasteiger partial charge on any atom is 0.231 e. The molecule has 2 rings (SSSR count). The lowest BCUT2D eigenvalue weighted by Gasteiger charge is -2.18. The average Bonchev–Trinajstić information content (AvgIpc) is 2.91. The van der Waals surface area contributed by atoms with Crippen molar-refractivity contribution < 1.29 is 23.7 Å². The number of methoxy groups -OCH3 is 2. The molecule has 1 aromatic rings. The Balaban J connectivity index is 2.07. The molecule has 1 unspecified atom stereocenters. The highest BCUT2D eigenvalue weighted by Gasteiger charge is 2.19. The van der Waals surface area contributed by atoms with Crippen LogP contribution in [-0.2, 0) is 16.0 Å². The first-order valence-corrected chi connectivity index (χ1v) is 7.02. The summed E-state index contributed by atoms with van der Waals surface area (Å²) in [5.41, 5.74) is 1.03. The second kappa shape index (κ2) is 8.07. The van der Waals surface area contributed by atoms with Crippen molar-refractivity contribution in [1.82, 2.24) is 5.32 Å². The number of benzene rings is 1. The van der Waals surface area contributed by atoms with E-state index in [-0.39, 0.29) is 12.9 Å². The highest BCUT2D eigenvalue weighted by atomic mass is 16.7. The summed E-state index contributed by atoms with van der Waals surface area (Å²) in [5.74, 6) is 2.26. The van der Waals surface area contributed by atoms with Crippen molar-refractivity contribution in [3.63, 3.8) is 0 Å². The van der Waals surface area contributed by atoms with E-state index in [4.69, 9.17) is 23.7 Å². The molecule has 0 fully saturated rings. The molecule has 1 atom stereocenters. The van der Waals surface area contributed by atoms with Gasteiger partial charge < -0.3 is 29.0 Å². The van der Waals surface area contributed by atoms with E-state index >= 15 is 0 Å². The predicted molar refractivity (Wildman–Crippen MR) is 78.1 cm³/mol. The molecule has 1 N–H and O–H groups in total. The van der Waals surface area contributed by atoms with Gasteiger partial charge in [-0.2, -0.15) is 0 Å². The molecule has 1 heterocycles. The van der Waals surface area contributed by atoms with Crippen LogP contribution in [-0.4, -0.2) is 46.9 Å². The summed E-state index contributed by atoms with van der Waals surface area (Å²) < 4.78 is 26.9. The zero-order valence-electron chi connectivity index (χ0n) is 12.8. The molecule has 0 spiro atoms. The minimum atomic E-state index is -0.0342. The van der Waals surface area contributed by atoms with Crippen molar-refractivity contribution in [2.75, 3.05) is 40.8 Å². The van der Waals surface area contributed by atoms with E-state index in [0.717, 1.165) is 29.4 Å². The lowest BCUT2D eigenvalue weighted by molar-refractivity contribution is 0.0911. The van der Waals surface area contributed by atoms with E-state index in [1.165, 1.54) is 0 Å². The Hall–Kier alpha value is -1.50. The Kier molecular flexibility index (Phi) is 6.10. The van der Waals surface area contributed by atoms with Crippen molar-refractivity contribution in [3.8, 4) is 17.2 Å². The molecule has 0 radical (unpaired) electrons. The summed E-state index contributed by atoms with van der Waals surface area (Å²) in [6.07, 6.45) is -0.0342. The van der Waals surface area contributed by atoms with Gasteiger partial charge in [0.15, 0.2) is 11.5 Å². The number of fused-ring (bicyclic) bond motifs is 1. The number of ether oxygens (including phenoxy) is 5. The molecule has 21 heavy (non-hydrogen) atoms. The first-order valence-electron chi connectivity index (χ1n) is 7.02. The van der Waals surface area contributed by atoms with E-state index in [1.807, 2.05) is 19.1 Å². The van der Waals surface area contributed by atoms with Crippen molar-refractivity contribution in [2.45, 2.75) is 19.6 Å². The van der Waals surface area contributed by atoms with Gasteiger partial charge in [-0.1, -0.05) is 0 Å². The van der Waals surface area contributed by atoms with Crippen molar-refractivity contribution in [3.05, 3.63) is 17.7 Å².